The van der Waals surface area contributed by atoms with Crippen LogP contribution in [-0.4, -0.2) is 23.4 Å². The van der Waals surface area contributed by atoms with Crippen LogP contribution in [0.4, 0.5) is 0 Å². The summed E-state index contributed by atoms with van der Waals surface area (Å²) < 4.78 is 1.42. The third-order valence-corrected chi connectivity index (χ3v) is 5.82. The van der Waals surface area contributed by atoms with Crippen molar-refractivity contribution < 1.29 is 4.79 Å². The van der Waals surface area contributed by atoms with E-state index in [9.17, 15) is 9.59 Å². The van der Waals surface area contributed by atoms with Crippen molar-refractivity contribution in [2.75, 3.05) is 0 Å². The fourth-order valence-corrected chi connectivity index (χ4v) is 3.91. The number of Topliss-reactive ketones (excluding diaryl/α,β-unsaturated/α-hetero) is 1. The average molecular weight is 407 g/mol. The van der Waals surface area contributed by atoms with E-state index in [4.69, 9.17) is 0 Å². The summed E-state index contributed by atoms with van der Waals surface area (Å²) in [5.74, 6) is 3.01. The molecular weight excluding hydrogens is 384 g/mol. The molecule has 0 fully saturated rings. The zero-order chi connectivity index (χ0) is 20.1. The Kier molecular flexibility index (Phi) is 6.07. The van der Waals surface area contributed by atoms with Crippen molar-refractivity contribution in [3.8, 4) is 11.5 Å². The first-order chi connectivity index (χ1) is 13.3. The molecule has 0 aliphatic carbocycles. The summed E-state index contributed by atoms with van der Waals surface area (Å²) in [6.45, 7) is 6.48. The molecule has 0 unspecified atom stereocenters. The molecule has 0 atom stereocenters. The van der Waals surface area contributed by atoms with E-state index in [1.54, 1.807) is 18.5 Å². The number of hydrogen-bond donors (Lipinski definition) is 0. The molecule has 0 spiro atoms. The van der Waals surface area contributed by atoms with Crippen LogP contribution in [0.3, 0.4) is 0 Å². The molecule has 3 rings (SSSR count). The van der Waals surface area contributed by atoms with Crippen LogP contribution >= 0.6 is 11.3 Å². The second-order valence-corrected chi connectivity index (χ2v) is 13.5. The number of carbonyl (C=O) groups excluding carboxylic acids is 1. The van der Waals surface area contributed by atoms with Crippen molar-refractivity contribution in [2.45, 2.75) is 32.6 Å². The normalized spacial score (nSPS) is 11.0. The lowest BCUT2D eigenvalue weighted by atomic mass is 10.2. The molecule has 0 aliphatic heterocycles. The Hall–Kier alpha value is -2.75. The smallest absolute Gasteiger partial charge is 0.251 e. The highest BCUT2D eigenvalue weighted by molar-refractivity contribution is 7.13. The molecule has 2 aromatic heterocycles. The molecule has 0 aliphatic rings. The SMILES string of the molecule is C[Si](C)(C)C#Cc1ccc(=O)n(CC(=O)c2cnc(Cc3ccccc3)s2)c1. The number of aromatic nitrogens is 2. The summed E-state index contributed by atoms with van der Waals surface area (Å²) in [5, 5.41) is 0.886. The quantitative estimate of drug-likeness (QED) is 0.365. The molecule has 0 saturated heterocycles. The minimum atomic E-state index is -1.51. The lowest BCUT2D eigenvalue weighted by Crippen LogP contribution is -2.23. The van der Waals surface area contributed by atoms with E-state index in [1.807, 2.05) is 30.3 Å². The van der Waals surface area contributed by atoms with Crippen molar-refractivity contribution in [3.05, 3.63) is 86.2 Å². The second-order valence-electron chi connectivity index (χ2n) is 7.59. The van der Waals surface area contributed by atoms with Gasteiger partial charge in [-0.3, -0.25) is 9.59 Å². The van der Waals surface area contributed by atoms with Gasteiger partial charge in [-0.25, -0.2) is 4.98 Å². The van der Waals surface area contributed by atoms with Crippen LogP contribution in [0.25, 0.3) is 0 Å². The fourth-order valence-electron chi connectivity index (χ4n) is 2.51. The highest BCUT2D eigenvalue weighted by Gasteiger charge is 2.13. The molecule has 0 radical (unpaired) electrons. The zero-order valence-corrected chi connectivity index (χ0v) is 18.0. The van der Waals surface area contributed by atoms with Gasteiger partial charge in [-0.05, 0) is 11.6 Å². The number of nitrogens with zero attached hydrogens (tertiary/aromatic N) is 2. The topological polar surface area (TPSA) is 52.0 Å². The largest absolute Gasteiger partial charge is 0.306 e. The second kappa shape index (κ2) is 8.51. The standard InChI is InChI=1S/C22H22N2O2SSi/c1-28(2,3)12-11-18-9-10-22(26)24(15-18)16-19(25)20-14-23-21(27-20)13-17-7-5-4-6-8-17/h4-10,14-15H,13,16H2,1-3H3. The molecule has 4 nitrogen and oxygen atoms in total. The van der Waals surface area contributed by atoms with Gasteiger partial charge in [0, 0.05) is 30.4 Å². The van der Waals surface area contributed by atoms with Crippen LogP contribution in [0.15, 0.2) is 59.7 Å². The molecule has 3 aromatic rings. The maximum atomic E-state index is 12.6. The van der Waals surface area contributed by atoms with Gasteiger partial charge < -0.3 is 4.57 Å². The van der Waals surface area contributed by atoms with Crippen molar-refractivity contribution >= 4 is 25.2 Å². The summed E-state index contributed by atoms with van der Waals surface area (Å²) in [4.78, 5) is 29.7. The van der Waals surface area contributed by atoms with Crippen LogP contribution < -0.4 is 5.56 Å². The van der Waals surface area contributed by atoms with Crippen LogP contribution in [-0.2, 0) is 13.0 Å². The van der Waals surface area contributed by atoms with E-state index in [0.717, 1.165) is 16.1 Å². The first-order valence-electron chi connectivity index (χ1n) is 9.06. The minimum absolute atomic E-state index is 0.00568. The monoisotopic (exact) mass is 406 g/mol. The Bertz CT molecular complexity index is 1100. The van der Waals surface area contributed by atoms with Crippen molar-refractivity contribution in [3.63, 3.8) is 0 Å². The van der Waals surface area contributed by atoms with E-state index in [1.165, 1.54) is 22.0 Å². The third kappa shape index (κ3) is 5.62. The molecule has 28 heavy (non-hydrogen) atoms. The highest BCUT2D eigenvalue weighted by Crippen LogP contribution is 2.18. The van der Waals surface area contributed by atoms with Crippen molar-refractivity contribution in [2.24, 2.45) is 0 Å². The van der Waals surface area contributed by atoms with Gasteiger partial charge in [-0.15, -0.1) is 16.9 Å². The predicted octanol–water partition coefficient (Wildman–Crippen LogP) is 4.01. The number of thiazole rings is 1. The van der Waals surface area contributed by atoms with Gasteiger partial charge in [0.25, 0.3) is 5.56 Å². The van der Waals surface area contributed by atoms with Crippen LogP contribution in [0.2, 0.25) is 19.6 Å². The number of rotatable bonds is 5. The molecule has 0 saturated carbocycles. The summed E-state index contributed by atoms with van der Waals surface area (Å²) in [6.07, 6.45) is 3.96. The fraction of sp³-hybridized carbons (Fsp3) is 0.227. The van der Waals surface area contributed by atoms with E-state index in [0.29, 0.717) is 11.3 Å². The molecule has 142 valence electrons. The molecule has 0 amide bonds. The van der Waals surface area contributed by atoms with E-state index in [2.05, 4.69) is 36.1 Å². The zero-order valence-electron chi connectivity index (χ0n) is 16.2. The Morgan fingerprint density at radius 3 is 2.61 bits per heavy atom. The summed E-state index contributed by atoms with van der Waals surface area (Å²) in [7, 11) is -1.51. The Labute approximate surface area is 169 Å². The van der Waals surface area contributed by atoms with Gasteiger partial charge in [0.2, 0.25) is 0 Å². The Morgan fingerprint density at radius 2 is 1.89 bits per heavy atom. The highest BCUT2D eigenvalue weighted by atomic mass is 32.1. The van der Waals surface area contributed by atoms with Gasteiger partial charge in [0.05, 0.1) is 16.4 Å². The number of hydrogen-bond acceptors (Lipinski definition) is 4. The Morgan fingerprint density at radius 1 is 1.14 bits per heavy atom. The first kappa shape index (κ1) is 20.0. The van der Waals surface area contributed by atoms with E-state index in [-0.39, 0.29) is 17.9 Å². The number of benzene rings is 1. The molecule has 0 N–H and O–H groups in total. The van der Waals surface area contributed by atoms with Crippen LogP contribution in [0.5, 0.6) is 0 Å². The van der Waals surface area contributed by atoms with Gasteiger partial charge in [0.15, 0.2) is 5.78 Å². The maximum absolute atomic E-state index is 12.6. The van der Waals surface area contributed by atoms with Gasteiger partial charge in [-0.1, -0.05) is 55.9 Å². The number of carbonyl (C=O) groups is 1. The molecular formula is C22H22N2O2SSi. The van der Waals surface area contributed by atoms with Gasteiger partial charge in [-0.2, -0.15) is 0 Å². The van der Waals surface area contributed by atoms with Gasteiger partial charge in [0.1, 0.15) is 8.07 Å². The van der Waals surface area contributed by atoms with Crippen molar-refractivity contribution in [1.82, 2.24) is 9.55 Å². The molecule has 1 aromatic carbocycles. The van der Waals surface area contributed by atoms with E-state index < -0.39 is 8.07 Å². The first-order valence-corrected chi connectivity index (χ1v) is 13.4. The van der Waals surface area contributed by atoms with Crippen molar-refractivity contribution in [1.29, 1.82) is 0 Å². The summed E-state index contributed by atoms with van der Waals surface area (Å²) in [6, 6.07) is 13.2. The minimum Gasteiger partial charge on any atom is -0.306 e. The molecule has 2 heterocycles. The van der Waals surface area contributed by atoms with E-state index >= 15 is 0 Å². The number of ketones is 1. The molecule has 6 heteroatoms. The lowest BCUT2D eigenvalue weighted by Gasteiger charge is -2.05. The number of pyridine rings is 1. The average Bonchev–Trinajstić information content (AvgIpc) is 3.11. The predicted molar refractivity (Wildman–Crippen MR) is 117 cm³/mol. The lowest BCUT2D eigenvalue weighted by molar-refractivity contribution is 0.0974. The maximum Gasteiger partial charge on any atom is 0.251 e. The third-order valence-electron chi connectivity index (χ3n) is 3.91. The molecule has 0 bridgehead atoms. The summed E-state index contributed by atoms with van der Waals surface area (Å²) >= 11 is 1.38. The van der Waals surface area contributed by atoms with Crippen LogP contribution in [0.1, 0.15) is 25.8 Å². The summed E-state index contributed by atoms with van der Waals surface area (Å²) in [5.41, 5.74) is 4.98. The van der Waals surface area contributed by atoms with Gasteiger partial charge >= 0.3 is 0 Å². The van der Waals surface area contributed by atoms with Crippen LogP contribution in [0, 0.1) is 11.5 Å². The Balaban J connectivity index is 1.74.